The summed E-state index contributed by atoms with van der Waals surface area (Å²) in [5.74, 6) is 0.511. The lowest BCUT2D eigenvalue weighted by atomic mass is 10.1. The smallest absolute Gasteiger partial charge is 0.165 e. The van der Waals surface area contributed by atoms with Crippen LogP contribution in [0.2, 0.25) is 51.4 Å². The number of hydrogen-bond acceptors (Lipinski definition) is 6. The minimum absolute atomic E-state index is 0.297. The third-order valence-electron chi connectivity index (χ3n) is 6.45. The number of nitrogens with zero attached hydrogens (tertiary/aromatic N) is 5. The van der Waals surface area contributed by atoms with Crippen LogP contribution < -0.4 is 4.90 Å². The zero-order valence-corrected chi connectivity index (χ0v) is 26.0. The normalized spacial score (nSPS) is 12.4. The number of benzene rings is 1. The van der Waals surface area contributed by atoms with Crippen molar-refractivity contribution in [3.8, 4) is 11.1 Å². The Balaban J connectivity index is 1.69. The van der Waals surface area contributed by atoms with E-state index in [4.69, 9.17) is 19.6 Å². The molecule has 0 aliphatic carbocycles. The van der Waals surface area contributed by atoms with Crippen LogP contribution in [0.5, 0.6) is 0 Å². The molecule has 0 spiro atoms. The summed E-state index contributed by atoms with van der Waals surface area (Å²) in [7, 11) is -2.43. The molecule has 0 aliphatic rings. The minimum atomic E-state index is -1.22. The molecule has 208 valence electrons. The van der Waals surface area contributed by atoms with Crippen LogP contribution in [0.4, 0.5) is 10.2 Å². The van der Waals surface area contributed by atoms with E-state index in [9.17, 15) is 4.39 Å². The maximum absolute atomic E-state index is 13.9. The highest BCUT2D eigenvalue weighted by Crippen LogP contribution is 2.29. The molecule has 4 aromatic rings. The van der Waals surface area contributed by atoms with Gasteiger partial charge in [-0.05, 0) is 42.4 Å². The Morgan fingerprint density at radius 3 is 2.23 bits per heavy atom. The first kappa shape index (κ1) is 29.1. The number of ether oxygens (including phenoxy) is 2. The summed E-state index contributed by atoms with van der Waals surface area (Å²) in [6.45, 7) is 20.2. The Morgan fingerprint density at radius 2 is 1.62 bits per heavy atom. The lowest BCUT2D eigenvalue weighted by molar-refractivity contribution is 0.0942. The molecule has 0 atom stereocenters. The molecule has 7 nitrogen and oxygen atoms in total. The molecule has 1 aromatic carbocycles. The first-order valence-electron chi connectivity index (χ1n) is 13.4. The van der Waals surface area contributed by atoms with Crippen molar-refractivity contribution in [2.75, 3.05) is 31.6 Å². The van der Waals surface area contributed by atoms with Crippen LogP contribution in [0, 0.1) is 5.82 Å². The van der Waals surface area contributed by atoms with Crippen molar-refractivity contribution in [2.45, 2.75) is 51.4 Å². The lowest BCUT2D eigenvalue weighted by Crippen LogP contribution is -2.33. The summed E-state index contributed by atoms with van der Waals surface area (Å²) in [4.78, 5) is 11.4. The van der Waals surface area contributed by atoms with Crippen LogP contribution in [0.25, 0.3) is 33.8 Å². The van der Waals surface area contributed by atoms with E-state index in [1.54, 1.807) is 24.5 Å². The first-order valence-corrected chi connectivity index (χ1v) is 20.8. The molecule has 0 radical (unpaired) electrons. The van der Waals surface area contributed by atoms with Gasteiger partial charge in [0.1, 0.15) is 25.1 Å². The number of rotatable bonds is 13. The van der Waals surface area contributed by atoms with E-state index in [1.807, 2.05) is 16.6 Å². The summed E-state index contributed by atoms with van der Waals surface area (Å²) in [6, 6.07) is 10.6. The van der Waals surface area contributed by atoms with Gasteiger partial charge in [0.15, 0.2) is 5.65 Å². The minimum Gasteiger partial charge on any atom is -0.361 e. The Morgan fingerprint density at radius 1 is 0.949 bits per heavy atom. The number of anilines is 1. The van der Waals surface area contributed by atoms with E-state index in [1.165, 1.54) is 12.1 Å². The van der Waals surface area contributed by atoms with Gasteiger partial charge in [-0.25, -0.2) is 9.37 Å². The monoisotopic (exact) mass is 565 g/mol. The van der Waals surface area contributed by atoms with Gasteiger partial charge in [-0.1, -0.05) is 45.9 Å². The number of pyridine rings is 1. The van der Waals surface area contributed by atoms with E-state index in [2.05, 4.69) is 55.7 Å². The molecule has 0 bridgehead atoms. The molecule has 10 heteroatoms. The fourth-order valence-corrected chi connectivity index (χ4v) is 5.54. The maximum Gasteiger partial charge on any atom is 0.165 e. The van der Waals surface area contributed by atoms with Crippen LogP contribution >= 0.6 is 0 Å². The molecule has 0 saturated carbocycles. The van der Waals surface area contributed by atoms with Gasteiger partial charge >= 0.3 is 0 Å². The highest BCUT2D eigenvalue weighted by molar-refractivity contribution is 6.76. The molecule has 0 aliphatic heterocycles. The van der Waals surface area contributed by atoms with Crippen molar-refractivity contribution >= 4 is 44.6 Å². The van der Waals surface area contributed by atoms with Crippen molar-refractivity contribution in [3.05, 3.63) is 60.8 Å². The van der Waals surface area contributed by atoms with Crippen LogP contribution in [0.15, 0.2) is 49.3 Å². The average Bonchev–Trinajstić information content (AvgIpc) is 3.29. The van der Waals surface area contributed by atoms with Gasteiger partial charge in [-0.15, -0.1) is 0 Å². The zero-order valence-electron chi connectivity index (χ0n) is 24.0. The number of fused-ring (bicyclic) bond motifs is 2. The topological polar surface area (TPSA) is 64.8 Å². The summed E-state index contributed by atoms with van der Waals surface area (Å²) in [6.07, 6.45) is 5.28. The third kappa shape index (κ3) is 7.81. The van der Waals surface area contributed by atoms with Gasteiger partial charge in [0, 0.05) is 58.1 Å². The molecule has 0 saturated heterocycles. The van der Waals surface area contributed by atoms with Crippen LogP contribution in [0.3, 0.4) is 0 Å². The molecule has 0 unspecified atom stereocenters. The summed E-state index contributed by atoms with van der Waals surface area (Å²) in [5, 5.41) is 5.43. The Hall–Kier alpha value is -2.93. The third-order valence-corrected chi connectivity index (χ3v) is 9.86. The maximum atomic E-state index is 13.9. The second-order valence-corrected chi connectivity index (χ2v) is 23.6. The predicted molar refractivity (Wildman–Crippen MR) is 164 cm³/mol. The molecule has 0 fully saturated rings. The summed E-state index contributed by atoms with van der Waals surface area (Å²) in [5.41, 5.74) is 3.72. The van der Waals surface area contributed by atoms with Gasteiger partial charge in [0.25, 0.3) is 0 Å². The fraction of sp³-hybridized carbons (Fsp3) is 0.414. The molecule has 4 rings (SSSR count). The van der Waals surface area contributed by atoms with Crippen molar-refractivity contribution in [1.82, 2.24) is 19.6 Å². The van der Waals surface area contributed by atoms with Gasteiger partial charge in [0.05, 0.1) is 17.4 Å². The molecule has 3 aromatic heterocycles. The summed E-state index contributed by atoms with van der Waals surface area (Å²) >= 11 is 0. The second-order valence-electron chi connectivity index (χ2n) is 12.3. The number of hydrogen-bond donors (Lipinski definition) is 0. The molecule has 0 N–H and O–H groups in total. The Labute approximate surface area is 232 Å². The van der Waals surface area contributed by atoms with Gasteiger partial charge in [-0.3, -0.25) is 4.98 Å². The first-order chi connectivity index (χ1) is 18.4. The summed E-state index contributed by atoms with van der Waals surface area (Å²) < 4.78 is 28.0. The van der Waals surface area contributed by atoms with E-state index >= 15 is 0 Å². The highest BCUT2D eigenvalue weighted by atomic mass is 28.3. The zero-order chi connectivity index (χ0) is 28.2. The number of aromatic nitrogens is 4. The fourth-order valence-electron chi connectivity index (χ4n) is 4.02. The quantitative estimate of drug-likeness (QED) is 0.0974. The molecule has 3 heterocycles. The van der Waals surface area contributed by atoms with Crippen LogP contribution in [-0.4, -0.2) is 62.4 Å². The SMILES string of the molecule is C=Cc1cc(N(COCC[Si](C)(C)C)COCC[Si](C)(C)C)n2ncc(-c3cnc4ccc(F)cc4c3)c2n1. The van der Waals surface area contributed by atoms with Crippen LogP contribution in [-0.2, 0) is 9.47 Å². The van der Waals surface area contributed by atoms with Gasteiger partial charge in [0.2, 0.25) is 0 Å². The van der Waals surface area contributed by atoms with E-state index in [-0.39, 0.29) is 5.82 Å². The van der Waals surface area contributed by atoms with Crippen molar-refractivity contribution in [3.63, 3.8) is 0 Å². The molecular weight excluding hydrogens is 526 g/mol. The Kier molecular flexibility index (Phi) is 9.00. The standard InChI is InChI=1S/C29H40FN5O2Si2/c1-8-25-17-28(34(20-36-11-13-38(2,3)4)21-37-12-14-39(5,6)7)35-29(33-25)26(19-32-35)23-15-22-16-24(30)9-10-27(22)31-18-23/h8-10,15-19H,1,11-14,20-21H2,2-7H3. The van der Waals surface area contributed by atoms with Crippen molar-refractivity contribution in [1.29, 1.82) is 0 Å². The molecular formula is C29H40FN5O2Si2. The van der Waals surface area contributed by atoms with Crippen LogP contribution in [0.1, 0.15) is 5.69 Å². The molecule has 0 amide bonds. The Bertz CT molecular complexity index is 1420. The highest BCUT2D eigenvalue weighted by Gasteiger charge is 2.20. The molecule has 39 heavy (non-hydrogen) atoms. The van der Waals surface area contributed by atoms with E-state index in [0.717, 1.165) is 39.9 Å². The van der Waals surface area contributed by atoms with Gasteiger partial charge < -0.3 is 14.4 Å². The van der Waals surface area contributed by atoms with Crippen molar-refractivity contribution in [2.24, 2.45) is 0 Å². The van der Waals surface area contributed by atoms with Gasteiger partial charge in [-0.2, -0.15) is 9.61 Å². The largest absolute Gasteiger partial charge is 0.361 e. The lowest BCUT2D eigenvalue weighted by Gasteiger charge is -2.26. The number of halogens is 1. The van der Waals surface area contributed by atoms with Crippen molar-refractivity contribution < 1.29 is 13.9 Å². The average molecular weight is 566 g/mol. The predicted octanol–water partition coefficient (Wildman–Crippen LogP) is 7.16. The second kappa shape index (κ2) is 12.1. The van der Waals surface area contributed by atoms with E-state index < -0.39 is 16.1 Å². The van der Waals surface area contributed by atoms with E-state index in [0.29, 0.717) is 38.0 Å².